The number of rotatable bonds is 6. The highest BCUT2D eigenvalue weighted by Crippen LogP contribution is 2.70. The van der Waals surface area contributed by atoms with Crippen molar-refractivity contribution in [3.8, 4) is 6.07 Å². The van der Waals surface area contributed by atoms with Crippen molar-refractivity contribution in [1.29, 1.82) is 5.26 Å². The summed E-state index contributed by atoms with van der Waals surface area (Å²) in [5.41, 5.74) is -0.420. The van der Waals surface area contributed by atoms with Crippen molar-refractivity contribution in [1.82, 2.24) is 10.1 Å². The van der Waals surface area contributed by atoms with Crippen molar-refractivity contribution >= 4 is 11.6 Å². The van der Waals surface area contributed by atoms with Crippen molar-refractivity contribution in [3.05, 3.63) is 41.5 Å². The predicted molar refractivity (Wildman–Crippen MR) is 126 cm³/mol. The molecule has 0 saturated heterocycles. The second-order valence-electron chi connectivity index (χ2n) is 12.3. The Morgan fingerprint density at radius 1 is 1.17 bits per heavy atom. The van der Waals surface area contributed by atoms with E-state index in [1.165, 1.54) is 0 Å². The van der Waals surface area contributed by atoms with Crippen LogP contribution in [0, 0.1) is 22.2 Å². The molecular formula is C28H31FN4O2. The van der Waals surface area contributed by atoms with Crippen LogP contribution in [0.5, 0.6) is 0 Å². The minimum absolute atomic E-state index is 0.00363. The third kappa shape index (κ3) is 3.01. The molecule has 182 valence electrons. The molecule has 1 aromatic heterocycles. The van der Waals surface area contributed by atoms with Gasteiger partial charge in [0.05, 0.1) is 17.0 Å². The lowest BCUT2D eigenvalue weighted by Crippen LogP contribution is -2.72. The molecule has 7 saturated carbocycles. The van der Waals surface area contributed by atoms with Gasteiger partial charge in [0.25, 0.3) is 0 Å². The van der Waals surface area contributed by atoms with E-state index in [0.717, 1.165) is 68.8 Å². The van der Waals surface area contributed by atoms with Gasteiger partial charge in [-0.1, -0.05) is 11.2 Å². The Labute approximate surface area is 204 Å². The van der Waals surface area contributed by atoms with Gasteiger partial charge in [0, 0.05) is 23.1 Å². The maximum atomic E-state index is 14.4. The van der Waals surface area contributed by atoms with E-state index in [4.69, 9.17) is 9.51 Å². The predicted octanol–water partition coefficient (Wildman–Crippen LogP) is 5.72. The molecule has 1 amide bonds. The van der Waals surface area contributed by atoms with Gasteiger partial charge in [-0.05, 0) is 101 Å². The van der Waals surface area contributed by atoms with Crippen LogP contribution in [0.4, 0.5) is 10.1 Å². The fourth-order valence-electron chi connectivity index (χ4n) is 7.78. The highest BCUT2D eigenvalue weighted by molar-refractivity contribution is 6.01. The summed E-state index contributed by atoms with van der Waals surface area (Å²) in [7, 11) is 0. The zero-order chi connectivity index (χ0) is 24.1. The van der Waals surface area contributed by atoms with Crippen molar-refractivity contribution < 1.29 is 13.7 Å². The van der Waals surface area contributed by atoms with Gasteiger partial charge >= 0.3 is 0 Å². The molecule has 7 aliphatic rings. The summed E-state index contributed by atoms with van der Waals surface area (Å²) in [6.45, 7) is 2.17. The van der Waals surface area contributed by atoms with E-state index >= 15 is 0 Å². The van der Waals surface area contributed by atoms with E-state index in [0.29, 0.717) is 30.7 Å². The number of halogens is 1. The topological polar surface area (TPSA) is 83.0 Å². The van der Waals surface area contributed by atoms with E-state index in [9.17, 15) is 14.4 Å². The Morgan fingerprint density at radius 3 is 2.46 bits per heavy atom. The quantitative estimate of drug-likeness (QED) is 0.534. The van der Waals surface area contributed by atoms with Crippen LogP contribution in [0.3, 0.4) is 0 Å². The van der Waals surface area contributed by atoms with Gasteiger partial charge in [-0.25, -0.2) is 4.39 Å². The third-order valence-electron chi connectivity index (χ3n) is 10.3. The maximum Gasteiger partial charge on any atom is 0.233 e. The SMILES string of the molecule is CC(N(C(=O)C12CC(F)(C1)C2)c1cccc(C#N)c1)C12CCC(c3nc(C4CC4)no3)(CC1)CC2. The number of carbonyl (C=O) groups is 1. The lowest BCUT2D eigenvalue weighted by atomic mass is 9.41. The Hall–Kier alpha value is -2.75. The second kappa shape index (κ2) is 6.93. The normalized spacial score (nSPS) is 37.6. The monoisotopic (exact) mass is 474 g/mol. The molecule has 6 nitrogen and oxygen atoms in total. The molecular weight excluding hydrogens is 443 g/mol. The zero-order valence-electron chi connectivity index (χ0n) is 20.2. The summed E-state index contributed by atoms with van der Waals surface area (Å²) < 4.78 is 20.2. The number of carbonyl (C=O) groups excluding carboxylic acids is 1. The fraction of sp³-hybridized carbons (Fsp3) is 0.643. The van der Waals surface area contributed by atoms with Crippen molar-refractivity contribution in [2.24, 2.45) is 10.8 Å². The summed E-state index contributed by atoms with van der Waals surface area (Å²) in [6.07, 6.45) is 9.31. The molecule has 1 atom stereocenters. The first kappa shape index (κ1) is 21.5. The van der Waals surface area contributed by atoms with Crippen LogP contribution < -0.4 is 4.90 Å². The van der Waals surface area contributed by atoms with Gasteiger partial charge in [-0.3, -0.25) is 4.79 Å². The highest BCUT2D eigenvalue weighted by Gasteiger charge is 2.74. The molecule has 7 aliphatic carbocycles. The van der Waals surface area contributed by atoms with Gasteiger partial charge < -0.3 is 9.42 Å². The first-order chi connectivity index (χ1) is 16.8. The summed E-state index contributed by atoms with van der Waals surface area (Å²) in [5.74, 6) is 2.22. The van der Waals surface area contributed by atoms with E-state index in [-0.39, 0.29) is 22.8 Å². The van der Waals surface area contributed by atoms with Gasteiger partial charge in [-0.15, -0.1) is 0 Å². The van der Waals surface area contributed by atoms with E-state index < -0.39 is 11.1 Å². The number of benzene rings is 1. The first-order valence-corrected chi connectivity index (χ1v) is 13.2. The van der Waals surface area contributed by atoms with Crippen LogP contribution in [0.2, 0.25) is 0 Å². The van der Waals surface area contributed by atoms with Crippen LogP contribution >= 0.6 is 0 Å². The molecule has 0 spiro atoms. The van der Waals surface area contributed by atoms with Crippen LogP contribution in [-0.2, 0) is 10.2 Å². The third-order valence-corrected chi connectivity index (χ3v) is 10.3. The van der Waals surface area contributed by atoms with Crippen LogP contribution in [0.1, 0.15) is 101 Å². The van der Waals surface area contributed by atoms with E-state index in [2.05, 4.69) is 18.1 Å². The minimum Gasteiger partial charge on any atom is -0.339 e. The second-order valence-corrected chi connectivity index (χ2v) is 12.3. The fourth-order valence-corrected chi connectivity index (χ4v) is 7.78. The molecule has 1 aromatic carbocycles. The van der Waals surface area contributed by atoms with E-state index in [1.807, 2.05) is 23.1 Å². The molecule has 7 fully saturated rings. The lowest BCUT2D eigenvalue weighted by Gasteiger charge is -2.66. The number of fused-ring (bicyclic) bond motifs is 3. The van der Waals surface area contributed by atoms with Crippen molar-refractivity contribution in [2.75, 3.05) is 4.90 Å². The highest BCUT2D eigenvalue weighted by atomic mass is 19.1. The van der Waals surface area contributed by atoms with Crippen LogP contribution in [0.25, 0.3) is 0 Å². The number of nitriles is 1. The van der Waals surface area contributed by atoms with Gasteiger partial charge in [0.15, 0.2) is 5.82 Å². The number of alkyl halides is 1. The molecule has 35 heavy (non-hydrogen) atoms. The number of aromatic nitrogens is 2. The Bertz CT molecular complexity index is 1210. The zero-order valence-corrected chi connectivity index (χ0v) is 20.2. The summed E-state index contributed by atoms with van der Waals surface area (Å²) in [5, 5.41) is 13.8. The molecule has 0 N–H and O–H groups in total. The smallest absolute Gasteiger partial charge is 0.233 e. The van der Waals surface area contributed by atoms with Gasteiger partial charge in [-0.2, -0.15) is 10.2 Å². The number of hydrogen-bond donors (Lipinski definition) is 0. The summed E-state index contributed by atoms with van der Waals surface area (Å²) in [4.78, 5) is 20.7. The lowest BCUT2D eigenvalue weighted by molar-refractivity contribution is -0.212. The Morgan fingerprint density at radius 2 is 1.86 bits per heavy atom. The van der Waals surface area contributed by atoms with Crippen LogP contribution in [-0.4, -0.2) is 27.8 Å². The Balaban J connectivity index is 1.17. The number of hydrogen-bond acceptors (Lipinski definition) is 5. The molecule has 0 aliphatic heterocycles. The van der Waals surface area contributed by atoms with Crippen LogP contribution in [0.15, 0.2) is 28.8 Å². The molecule has 1 unspecified atom stereocenters. The molecule has 1 heterocycles. The largest absolute Gasteiger partial charge is 0.339 e. The number of nitrogens with zero attached hydrogens (tertiary/aromatic N) is 4. The van der Waals surface area contributed by atoms with E-state index in [1.54, 1.807) is 6.07 Å². The minimum atomic E-state index is -1.13. The molecule has 4 bridgehead atoms. The molecule has 0 radical (unpaired) electrons. The standard InChI is InChI=1S/C28H31FN4O2/c1-18(25-7-10-26(11-8-25,12-9-25)23-31-22(32-35-23)20-5-6-20)33(21-4-2-3-19(13-21)14-30)24(34)27-15-28(29,16-27)17-27/h2-4,13,18,20H,5-12,15-17H2,1H3. The van der Waals surface area contributed by atoms with Gasteiger partial charge in [0.2, 0.25) is 11.8 Å². The molecule has 7 heteroatoms. The average molecular weight is 475 g/mol. The summed E-state index contributed by atoms with van der Waals surface area (Å²) in [6, 6.07) is 9.53. The molecule has 9 rings (SSSR count). The first-order valence-electron chi connectivity index (χ1n) is 13.2. The number of amides is 1. The number of anilines is 1. The molecule has 2 aromatic rings. The average Bonchev–Trinajstić information content (AvgIpc) is 3.58. The summed E-state index contributed by atoms with van der Waals surface area (Å²) >= 11 is 0. The van der Waals surface area contributed by atoms with Gasteiger partial charge in [0.1, 0.15) is 5.67 Å². The Kier molecular flexibility index (Phi) is 4.26. The van der Waals surface area contributed by atoms with Crippen molar-refractivity contribution in [3.63, 3.8) is 0 Å². The van der Waals surface area contributed by atoms with Crippen molar-refractivity contribution in [2.45, 2.75) is 101 Å². The maximum absolute atomic E-state index is 14.4.